The molecule has 0 bridgehead atoms. The van der Waals surface area contributed by atoms with Crippen LogP contribution in [0.25, 0.3) is 0 Å². The highest BCUT2D eigenvalue weighted by atomic mass is 35.5. The van der Waals surface area contributed by atoms with Crippen molar-refractivity contribution in [2.24, 2.45) is 0 Å². The fourth-order valence-corrected chi connectivity index (χ4v) is 2.00. The molecule has 0 saturated carbocycles. The van der Waals surface area contributed by atoms with Crippen molar-refractivity contribution >= 4 is 17.5 Å². The predicted octanol–water partition coefficient (Wildman–Crippen LogP) is 3.26. The normalized spacial score (nSPS) is 15.8. The summed E-state index contributed by atoms with van der Waals surface area (Å²) in [6.07, 6.45) is 5.17. The summed E-state index contributed by atoms with van der Waals surface area (Å²) < 4.78 is 0. The van der Waals surface area contributed by atoms with Gasteiger partial charge in [0, 0.05) is 5.03 Å². The first kappa shape index (κ1) is 14.5. The van der Waals surface area contributed by atoms with Crippen molar-refractivity contribution in [2.45, 2.75) is 19.3 Å². The summed E-state index contributed by atoms with van der Waals surface area (Å²) in [5.41, 5.74) is 1.53. The minimum atomic E-state index is -0.00231. The van der Waals surface area contributed by atoms with E-state index in [9.17, 15) is 0 Å². The first-order chi connectivity index (χ1) is 9.15. The minimum Gasteiger partial charge on any atom is -0.258 e. The second kappa shape index (κ2) is 7.00. The number of nitrogens with one attached hydrogen (secondary N) is 1. The highest BCUT2D eigenvalue weighted by Crippen LogP contribution is 2.34. The molecule has 0 aromatic carbocycles. The van der Waals surface area contributed by atoms with Gasteiger partial charge in [-0.3, -0.25) is 5.41 Å². The van der Waals surface area contributed by atoms with Crippen LogP contribution in [0.2, 0.25) is 0 Å². The summed E-state index contributed by atoms with van der Waals surface area (Å²) >= 11 is 6.20. The van der Waals surface area contributed by atoms with E-state index in [-0.39, 0.29) is 11.1 Å². The van der Waals surface area contributed by atoms with E-state index in [1.165, 1.54) is 12.2 Å². The molecule has 1 aliphatic rings. The Balaban J connectivity index is 3.26. The zero-order chi connectivity index (χ0) is 14.3. The molecule has 0 spiro atoms. The third-order valence-corrected chi connectivity index (χ3v) is 3.07. The van der Waals surface area contributed by atoms with E-state index in [4.69, 9.17) is 32.8 Å². The maximum atomic E-state index is 8.76. The first-order valence-electron chi connectivity index (χ1n) is 5.47. The van der Waals surface area contributed by atoms with E-state index < -0.39 is 0 Å². The fourth-order valence-electron chi connectivity index (χ4n) is 1.70. The largest absolute Gasteiger partial charge is 0.258 e. The lowest BCUT2D eigenvalue weighted by Gasteiger charge is -2.16. The Kier molecular flexibility index (Phi) is 5.34. The summed E-state index contributed by atoms with van der Waals surface area (Å²) in [7, 11) is 0. The van der Waals surface area contributed by atoms with Crippen LogP contribution in [0.15, 0.2) is 39.5 Å². The molecule has 0 aliphatic heterocycles. The van der Waals surface area contributed by atoms with Crippen molar-refractivity contribution in [3.05, 3.63) is 39.5 Å². The third kappa shape index (κ3) is 3.70. The van der Waals surface area contributed by atoms with E-state index >= 15 is 0 Å². The highest BCUT2D eigenvalue weighted by molar-refractivity contribution is 6.32. The molecule has 0 heterocycles. The number of rotatable bonds is 2. The number of halogens is 1. The Bertz CT molecular complexity index is 637. The van der Waals surface area contributed by atoms with Gasteiger partial charge in [0.2, 0.25) is 0 Å². The summed E-state index contributed by atoms with van der Waals surface area (Å²) in [6, 6.07) is 5.41. The average Bonchev–Trinajstić information content (AvgIpc) is 2.45. The van der Waals surface area contributed by atoms with Gasteiger partial charge >= 0.3 is 0 Å². The quantitative estimate of drug-likeness (QED) is 0.615. The van der Waals surface area contributed by atoms with Gasteiger partial charge in [0.1, 0.15) is 29.4 Å². The van der Waals surface area contributed by atoms with Crippen LogP contribution in [0.4, 0.5) is 0 Å². The van der Waals surface area contributed by atoms with Crippen molar-refractivity contribution in [3.8, 4) is 18.2 Å². The lowest BCUT2D eigenvalue weighted by Crippen LogP contribution is -1.99. The first-order valence-corrected chi connectivity index (χ1v) is 5.85. The molecule has 4 nitrogen and oxygen atoms in total. The topological polar surface area (TPSA) is 95.2 Å². The van der Waals surface area contributed by atoms with Crippen LogP contribution in [-0.2, 0) is 0 Å². The summed E-state index contributed by atoms with van der Waals surface area (Å²) in [5.74, 6) is 2.03. The molecule has 19 heavy (non-hydrogen) atoms. The van der Waals surface area contributed by atoms with Gasteiger partial charge < -0.3 is 0 Å². The van der Waals surface area contributed by atoms with Crippen LogP contribution in [0.1, 0.15) is 19.3 Å². The lowest BCUT2D eigenvalue weighted by molar-refractivity contribution is 0.791. The molecule has 5 heteroatoms. The summed E-state index contributed by atoms with van der Waals surface area (Å²) in [5, 5.41) is 33.6. The number of hydrogen-bond acceptors (Lipinski definition) is 4. The standard InChI is InChI=1S/C14H9ClN4/c15-14-12(4-10(6-16)7-17)2-1-3-13(14)5-11(8-18)9-19/h4-5,16H,1-3H2/b12-4-. The van der Waals surface area contributed by atoms with Crippen LogP contribution >= 0.6 is 11.6 Å². The van der Waals surface area contributed by atoms with Crippen molar-refractivity contribution in [3.63, 3.8) is 0 Å². The molecule has 0 saturated heterocycles. The van der Waals surface area contributed by atoms with Gasteiger partial charge in [-0.2, -0.15) is 15.8 Å². The lowest BCUT2D eigenvalue weighted by atomic mass is 9.92. The Hall–Kier alpha value is -2.57. The van der Waals surface area contributed by atoms with Gasteiger partial charge in [-0.25, -0.2) is 0 Å². The third-order valence-electron chi connectivity index (χ3n) is 2.59. The van der Waals surface area contributed by atoms with Crippen LogP contribution in [0.5, 0.6) is 0 Å². The van der Waals surface area contributed by atoms with E-state index in [1.54, 1.807) is 12.1 Å². The van der Waals surface area contributed by atoms with Gasteiger partial charge in [0.25, 0.3) is 0 Å². The van der Waals surface area contributed by atoms with Crippen molar-refractivity contribution in [1.82, 2.24) is 0 Å². The second-order valence-corrected chi connectivity index (χ2v) is 4.17. The van der Waals surface area contributed by atoms with E-state index in [0.717, 1.165) is 12.0 Å². The van der Waals surface area contributed by atoms with Gasteiger partial charge in [0.05, 0.1) is 0 Å². The van der Waals surface area contributed by atoms with Gasteiger partial charge in [0.15, 0.2) is 0 Å². The van der Waals surface area contributed by atoms with Crippen molar-refractivity contribution < 1.29 is 0 Å². The summed E-state index contributed by atoms with van der Waals surface area (Å²) in [4.78, 5) is 0. The van der Waals surface area contributed by atoms with E-state index in [2.05, 4.69) is 0 Å². The highest BCUT2D eigenvalue weighted by Gasteiger charge is 2.15. The molecule has 1 aliphatic carbocycles. The van der Waals surface area contributed by atoms with Gasteiger partial charge in [-0.15, -0.1) is 0 Å². The molecule has 0 aromatic rings. The number of hydrogen-bond donors (Lipinski definition) is 1. The monoisotopic (exact) mass is 268 g/mol. The van der Waals surface area contributed by atoms with E-state index in [1.807, 2.05) is 11.9 Å². The molecular formula is C14H9ClN4. The Morgan fingerprint density at radius 2 is 1.84 bits per heavy atom. The number of nitriles is 3. The maximum Gasteiger partial charge on any atom is 0.129 e. The number of allylic oxidation sites excluding steroid dienone is 7. The molecule has 0 radical (unpaired) electrons. The molecule has 0 atom stereocenters. The Morgan fingerprint density at radius 1 is 1.16 bits per heavy atom. The van der Waals surface area contributed by atoms with Gasteiger partial charge in [-0.1, -0.05) is 11.6 Å². The Labute approximate surface area is 116 Å². The summed E-state index contributed by atoms with van der Waals surface area (Å²) in [6.45, 7) is 0. The van der Waals surface area contributed by atoms with Gasteiger partial charge in [-0.05, 0) is 48.4 Å². The fraction of sp³-hybridized carbons (Fsp3) is 0.214. The Morgan fingerprint density at radius 3 is 2.37 bits per heavy atom. The number of nitrogens with zero attached hydrogens (tertiary/aromatic N) is 3. The molecule has 0 amide bonds. The van der Waals surface area contributed by atoms with Crippen LogP contribution in [0.3, 0.4) is 0 Å². The van der Waals surface area contributed by atoms with Crippen molar-refractivity contribution in [2.75, 3.05) is 0 Å². The molecule has 1 rings (SSSR count). The van der Waals surface area contributed by atoms with Crippen molar-refractivity contribution in [1.29, 1.82) is 21.2 Å². The SMILES string of the molecule is N#CC(=C=N)/C=C1/CCCC(C=C(C#N)C#N)=C1Cl. The van der Waals surface area contributed by atoms with Crippen LogP contribution in [0, 0.1) is 39.4 Å². The molecule has 1 N–H and O–H groups in total. The maximum absolute atomic E-state index is 8.76. The zero-order valence-electron chi connectivity index (χ0n) is 10.00. The van der Waals surface area contributed by atoms with Crippen LogP contribution < -0.4 is 0 Å². The molecular weight excluding hydrogens is 260 g/mol. The van der Waals surface area contributed by atoms with Crippen LogP contribution in [-0.4, -0.2) is 5.87 Å². The smallest absolute Gasteiger partial charge is 0.129 e. The van der Waals surface area contributed by atoms with E-state index in [0.29, 0.717) is 23.4 Å². The minimum absolute atomic E-state index is 0.00231. The molecule has 0 fully saturated rings. The molecule has 92 valence electrons. The molecule has 0 aromatic heterocycles. The average molecular weight is 269 g/mol. The predicted molar refractivity (Wildman–Crippen MR) is 71.0 cm³/mol. The zero-order valence-corrected chi connectivity index (χ0v) is 10.8. The molecule has 0 unspecified atom stereocenters. The second-order valence-electron chi connectivity index (χ2n) is 3.79.